The van der Waals surface area contributed by atoms with Crippen molar-refractivity contribution in [1.82, 2.24) is 4.98 Å². The van der Waals surface area contributed by atoms with Crippen molar-refractivity contribution < 1.29 is 19.0 Å². The van der Waals surface area contributed by atoms with Crippen molar-refractivity contribution in [3.05, 3.63) is 77.1 Å². The van der Waals surface area contributed by atoms with E-state index in [4.69, 9.17) is 25.8 Å². The minimum Gasteiger partial charge on any atom is -0.493 e. The lowest BCUT2D eigenvalue weighted by atomic mass is 10.2. The first-order chi connectivity index (χ1) is 15.5. The van der Waals surface area contributed by atoms with Crippen molar-refractivity contribution in [3.63, 3.8) is 0 Å². The molecule has 0 spiro atoms. The smallest absolute Gasteiger partial charge is 0.323 e. The number of rotatable bonds is 10. The Balaban J connectivity index is 1.50. The monoisotopic (exact) mass is 455 g/mol. The minimum absolute atomic E-state index is 0.310. The summed E-state index contributed by atoms with van der Waals surface area (Å²) in [5.41, 5.74) is 3.05. The summed E-state index contributed by atoms with van der Waals surface area (Å²) in [5, 5.41) is 6.13. The summed E-state index contributed by atoms with van der Waals surface area (Å²) in [5.74, 6) is 1.46. The molecular formula is C24H26ClN3O4. The minimum atomic E-state index is -0.344. The summed E-state index contributed by atoms with van der Waals surface area (Å²) in [7, 11) is 1.67. The van der Waals surface area contributed by atoms with Crippen molar-refractivity contribution in [1.29, 1.82) is 0 Å². The Morgan fingerprint density at radius 2 is 1.59 bits per heavy atom. The van der Waals surface area contributed by atoms with E-state index in [-0.39, 0.29) is 6.03 Å². The number of halogens is 1. The van der Waals surface area contributed by atoms with E-state index in [1.807, 2.05) is 13.0 Å². The maximum absolute atomic E-state index is 12.1. The zero-order valence-corrected chi connectivity index (χ0v) is 18.8. The zero-order chi connectivity index (χ0) is 22.8. The van der Waals surface area contributed by atoms with Gasteiger partial charge in [0.05, 0.1) is 12.3 Å². The number of urea groups is 1. The lowest BCUT2D eigenvalue weighted by Gasteiger charge is -2.13. The van der Waals surface area contributed by atoms with E-state index in [1.165, 1.54) is 0 Å². The summed E-state index contributed by atoms with van der Waals surface area (Å²) >= 11 is 5.85. The lowest BCUT2D eigenvalue weighted by Crippen LogP contribution is -2.19. The van der Waals surface area contributed by atoms with E-state index in [2.05, 4.69) is 15.6 Å². The molecule has 0 saturated carbocycles. The first kappa shape index (κ1) is 23.4. The molecule has 0 unspecified atom stereocenters. The van der Waals surface area contributed by atoms with E-state index in [9.17, 15) is 4.79 Å². The Bertz CT molecular complexity index is 1010. The van der Waals surface area contributed by atoms with Crippen molar-refractivity contribution in [2.45, 2.75) is 20.0 Å². The van der Waals surface area contributed by atoms with Gasteiger partial charge in [-0.05, 0) is 61.5 Å². The molecule has 2 N–H and O–H groups in total. The van der Waals surface area contributed by atoms with Gasteiger partial charge in [-0.15, -0.1) is 0 Å². The molecule has 3 rings (SSSR count). The summed E-state index contributed by atoms with van der Waals surface area (Å²) in [4.78, 5) is 16.5. The van der Waals surface area contributed by atoms with Gasteiger partial charge in [-0.2, -0.15) is 0 Å². The van der Waals surface area contributed by atoms with Gasteiger partial charge >= 0.3 is 6.03 Å². The highest BCUT2D eigenvalue weighted by Crippen LogP contribution is 2.22. The van der Waals surface area contributed by atoms with Gasteiger partial charge in [0.2, 0.25) is 0 Å². The number of aromatic nitrogens is 1. The molecule has 0 aliphatic carbocycles. The number of hydrogen-bond donors (Lipinski definition) is 2. The fourth-order valence-electron chi connectivity index (χ4n) is 2.86. The molecule has 0 atom stereocenters. The number of nitrogens with one attached hydrogen (secondary N) is 2. The van der Waals surface area contributed by atoms with E-state index < -0.39 is 0 Å². The van der Waals surface area contributed by atoms with Crippen molar-refractivity contribution in [2.75, 3.05) is 31.0 Å². The maximum Gasteiger partial charge on any atom is 0.323 e. The summed E-state index contributed by atoms with van der Waals surface area (Å²) in [6.07, 6.45) is 2.53. The molecule has 0 radical (unpaired) electrons. The van der Waals surface area contributed by atoms with Crippen LogP contribution in [-0.4, -0.2) is 31.3 Å². The van der Waals surface area contributed by atoms with Gasteiger partial charge < -0.3 is 24.8 Å². The Labute approximate surface area is 192 Å². The maximum atomic E-state index is 12.1. The number of anilines is 2. The van der Waals surface area contributed by atoms with Crippen LogP contribution in [0.3, 0.4) is 0 Å². The number of carbonyl (C=O) groups is 1. The first-order valence-corrected chi connectivity index (χ1v) is 10.6. The largest absolute Gasteiger partial charge is 0.493 e. The molecule has 7 nitrogen and oxygen atoms in total. The molecule has 32 heavy (non-hydrogen) atoms. The highest BCUT2D eigenvalue weighted by Gasteiger charge is 2.08. The Morgan fingerprint density at radius 3 is 2.25 bits per heavy atom. The van der Waals surface area contributed by atoms with Crippen LogP contribution < -0.4 is 20.1 Å². The molecule has 0 aliphatic heterocycles. The van der Waals surface area contributed by atoms with Crippen LogP contribution in [0.5, 0.6) is 11.5 Å². The number of nitrogens with zero attached hydrogens (tertiary/aromatic N) is 1. The van der Waals surface area contributed by atoms with Gasteiger partial charge in [0.25, 0.3) is 0 Å². The SMILES string of the molecule is COCCCOc1ccnc(COc2ccc(NC(=O)Nc3ccc(Cl)cc3)cc2)c1C. The topological polar surface area (TPSA) is 81.7 Å². The number of pyridine rings is 1. The molecule has 0 aliphatic rings. The van der Waals surface area contributed by atoms with E-state index >= 15 is 0 Å². The molecular weight excluding hydrogens is 430 g/mol. The van der Waals surface area contributed by atoms with Crippen LogP contribution in [-0.2, 0) is 11.3 Å². The molecule has 0 fully saturated rings. The predicted molar refractivity (Wildman–Crippen MR) is 126 cm³/mol. The highest BCUT2D eigenvalue weighted by molar-refractivity contribution is 6.30. The van der Waals surface area contributed by atoms with Crippen molar-refractivity contribution in [3.8, 4) is 11.5 Å². The first-order valence-electron chi connectivity index (χ1n) is 10.2. The summed E-state index contributed by atoms with van der Waals surface area (Å²) < 4.78 is 16.7. The van der Waals surface area contributed by atoms with E-state index in [0.717, 1.165) is 23.4 Å². The predicted octanol–water partition coefficient (Wildman–Crippen LogP) is 5.68. The standard InChI is InChI=1S/C24H26ClN3O4/c1-17-22(26-13-12-23(17)31-15-3-14-30-2)16-32-21-10-8-20(9-11-21)28-24(29)27-19-6-4-18(25)5-7-19/h4-13H,3,14-16H2,1-2H3,(H2,27,28,29). The molecule has 2 aromatic carbocycles. The van der Waals surface area contributed by atoms with Gasteiger partial charge in [-0.25, -0.2) is 4.79 Å². The summed E-state index contributed by atoms with van der Waals surface area (Å²) in [6, 6.07) is 15.5. The van der Waals surface area contributed by atoms with Gasteiger partial charge in [0, 0.05) is 48.3 Å². The van der Waals surface area contributed by atoms with Gasteiger partial charge in [0.1, 0.15) is 18.1 Å². The highest BCUT2D eigenvalue weighted by atomic mass is 35.5. The van der Waals surface area contributed by atoms with Crippen LogP contribution in [0, 0.1) is 6.92 Å². The normalized spacial score (nSPS) is 10.5. The van der Waals surface area contributed by atoms with Crippen LogP contribution in [0.4, 0.5) is 16.2 Å². The Morgan fingerprint density at radius 1 is 0.938 bits per heavy atom. The molecule has 2 amide bonds. The number of amides is 2. The zero-order valence-electron chi connectivity index (χ0n) is 18.1. The van der Waals surface area contributed by atoms with Crippen LogP contribution in [0.25, 0.3) is 0 Å². The molecule has 1 heterocycles. The molecule has 3 aromatic rings. The number of methoxy groups -OCH3 is 1. The third-order valence-corrected chi connectivity index (χ3v) is 4.85. The molecule has 168 valence electrons. The van der Waals surface area contributed by atoms with Gasteiger partial charge in [-0.1, -0.05) is 11.6 Å². The third kappa shape index (κ3) is 7.14. The van der Waals surface area contributed by atoms with Crippen LogP contribution in [0.2, 0.25) is 5.02 Å². The van der Waals surface area contributed by atoms with Gasteiger partial charge in [0.15, 0.2) is 0 Å². The second kappa shape index (κ2) is 11.9. The molecule has 0 saturated heterocycles. The second-order valence-corrected chi connectivity index (χ2v) is 7.41. The number of benzene rings is 2. The average molecular weight is 456 g/mol. The molecule has 1 aromatic heterocycles. The number of carbonyl (C=O) groups excluding carboxylic acids is 1. The molecule has 8 heteroatoms. The second-order valence-electron chi connectivity index (χ2n) is 6.97. The van der Waals surface area contributed by atoms with Crippen molar-refractivity contribution >= 4 is 29.0 Å². The molecule has 0 bridgehead atoms. The van der Waals surface area contributed by atoms with Crippen molar-refractivity contribution in [2.24, 2.45) is 0 Å². The summed E-state index contributed by atoms with van der Waals surface area (Å²) in [6.45, 7) is 3.52. The van der Waals surface area contributed by atoms with Crippen LogP contribution in [0.15, 0.2) is 60.8 Å². The Hall–Kier alpha value is -3.29. The fourth-order valence-corrected chi connectivity index (χ4v) is 2.99. The number of ether oxygens (including phenoxy) is 3. The van der Waals surface area contributed by atoms with Crippen LogP contribution in [0.1, 0.15) is 17.7 Å². The van der Waals surface area contributed by atoms with Gasteiger partial charge in [-0.3, -0.25) is 4.98 Å². The Kier molecular flexibility index (Phi) is 8.71. The third-order valence-electron chi connectivity index (χ3n) is 4.60. The quantitative estimate of drug-likeness (QED) is 0.384. The van der Waals surface area contributed by atoms with E-state index in [1.54, 1.807) is 61.8 Å². The van der Waals surface area contributed by atoms with E-state index in [0.29, 0.717) is 42.0 Å². The average Bonchev–Trinajstić information content (AvgIpc) is 2.79. The number of hydrogen-bond acceptors (Lipinski definition) is 5. The van der Waals surface area contributed by atoms with Crippen LogP contribution >= 0.6 is 11.6 Å². The lowest BCUT2D eigenvalue weighted by molar-refractivity contribution is 0.171. The fraction of sp³-hybridized carbons (Fsp3) is 0.250.